The van der Waals surface area contributed by atoms with Crippen LogP contribution in [0.25, 0.3) is 0 Å². The van der Waals surface area contributed by atoms with Gasteiger partial charge in [-0.3, -0.25) is 9.59 Å². The van der Waals surface area contributed by atoms with E-state index < -0.39 is 0 Å². The van der Waals surface area contributed by atoms with Crippen LogP contribution in [-0.2, 0) is 0 Å². The molecule has 0 radical (unpaired) electrons. The normalized spacial score (nSPS) is 13.7. The van der Waals surface area contributed by atoms with Gasteiger partial charge in [0.15, 0.2) is 5.78 Å². The van der Waals surface area contributed by atoms with Crippen LogP contribution in [0.15, 0.2) is 23.9 Å². The smallest absolute Gasteiger partial charge is 0.213 e. The van der Waals surface area contributed by atoms with Gasteiger partial charge in [-0.05, 0) is 19.1 Å². The summed E-state index contributed by atoms with van der Waals surface area (Å²) in [6.45, 7) is 2.42. The lowest BCUT2D eigenvalue weighted by atomic mass is 9.91. The molecule has 0 saturated heterocycles. The number of Topliss-reactive ketones (excluding diaryl/α,β-unsaturated/α-hetero) is 1. The van der Waals surface area contributed by atoms with Gasteiger partial charge in [0.2, 0.25) is 5.78 Å². The summed E-state index contributed by atoms with van der Waals surface area (Å²) in [5.41, 5.74) is 0.797. The Balaban J connectivity index is 2.66. The molecule has 19 heavy (non-hydrogen) atoms. The van der Waals surface area contributed by atoms with Crippen molar-refractivity contribution in [2.45, 2.75) is 6.92 Å². The van der Waals surface area contributed by atoms with Crippen LogP contribution in [0.5, 0.6) is 11.5 Å². The Morgan fingerprint density at radius 3 is 2.16 bits per heavy atom. The maximum Gasteiger partial charge on any atom is 0.213 e. The van der Waals surface area contributed by atoms with Crippen molar-refractivity contribution >= 4 is 11.6 Å². The van der Waals surface area contributed by atoms with E-state index in [1.807, 2.05) is 6.92 Å². The minimum Gasteiger partial charge on any atom is -0.496 e. The largest absolute Gasteiger partial charge is 0.496 e. The van der Waals surface area contributed by atoms with E-state index in [4.69, 9.17) is 9.47 Å². The van der Waals surface area contributed by atoms with Gasteiger partial charge in [0.1, 0.15) is 11.5 Å². The number of benzene rings is 1. The number of allylic oxidation sites excluding steroid dienone is 2. The third-order valence-electron chi connectivity index (χ3n) is 2.93. The Kier molecular flexibility index (Phi) is 3.55. The maximum atomic E-state index is 12.4. The zero-order valence-corrected chi connectivity index (χ0v) is 11.1. The van der Waals surface area contributed by atoms with Crippen molar-refractivity contribution in [2.24, 2.45) is 0 Å². The van der Waals surface area contributed by atoms with E-state index in [-0.39, 0.29) is 28.4 Å². The van der Waals surface area contributed by atoms with E-state index in [1.165, 1.54) is 20.3 Å². The summed E-state index contributed by atoms with van der Waals surface area (Å²) in [6, 6.07) is 3.24. The lowest BCUT2D eigenvalue weighted by Gasteiger charge is -2.20. The minimum atomic E-state index is -0.263. The van der Waals surface area contributed by atoms with E-state index in [2.05, 4.69) is 5.32 Å². The van der Waals surface area contributed by atoms with E-state index in [0.29, 0.717) is 18.0 Å². The lowest BCUT2D eigenvalue weighted by molar-refractivity contribution is 0.0973. The molecule has 1 aromatic rings. The quantitative estimate of drug-likeness (QED) is 0.891. The topological polar surface area (TPSA) is 64.6 Å². The van der Waals surface area contributed by atoms with Crippen LogP contribution in [0.1, 0.15) is 27.6 Å². The molecule has 5 heteroatoms. The van der Waals surface area contributed by atoms with Gasteiger partial charge >= 0.3 is 0 Å². The van der Waals surface area contributed by atoms with Crippen LogP contribution in [0.4, 0.5) is 0 Å². The van der Waals surface area contributed by atoms with Crippen LogP contribution in [0.3, 0.4) is 0 Å². The van der Waals surface area contributed by atoms with Gasteiger partial charge in [-0.15, -0.1) is 0 Å². The summed E-state index contributed by atoms with van der Waals surface area (Å²) in [5, 5.41) is 2.89. The first-order valence-electron chi connectivity index (χ1n) is 5.93. The number of hydrogen-bond acceptors (Lipinski definition) is 5. The maximum absolute atomic E-state index is 12.4. The number of carbonyl (C=O) groups excluding carboxylic acids is 2. The first-order valence-corrected chi connectivity index (χ1v) is 5.93. The molecule has 0 spiro atoms. The Morgan fingerprint density at radius 1 is 1.05 bits per heavy atom. The predicted octanol–water partition coefficient (Wildman–Crippen LogP) is 1.58. The van der Waals surface area contributed by atoms with E-state index >= 15 is 0 Å². The number of methoxy groups -OCH3 is 2. The van der Waals surface area contributed by atoms with Gasteiger partial charge in [-0.2, -0.15) is 0 Å². The standard InChI is InChI=1S/C14H15NO4/c1-4-15-8-7-9(16)12-10(18-2)5-6-11(19-3)13(12)14(8)17/h5-7,15H,4H2,1-3H3. The monoisotopic (exact) mass is 261 g/mol. The predicted molar refractivity (Wildman–Crippen MR) is 70.0 cm³/mol. The van der Waals surface area contributed by atoms with E-state index in [0.717, 1.165) is 0 Å². The van der Waals surface area contributed by atoms with Gasteiger partial charge in [0.25, 0.3) is 0 Å². The zero-order valence-electron chi connectivity index (χ0n) is 11.1. The molecule has 1 aliphatic rings. The number of ketones is 2. The van der Waals surface area contributed by atoms with Gasteiger partial charge in [-0.25, -0.2) is 0 Å². The molecule has 0 atom stereocenters. The second-order valence-corrected chi connectivity index (χ2v) is 4.00. The molecule has 0 fully saturated rings. The van der Waals surface area contributed by atoms with Gasteiger partial charge in [0, 0.05) is 12.6 Å². The minimum absolute atomic E-state index is 0.255. The Labute approximate surface area is 111 Å². The fourth-order valence-corrected chi connectivity index (χ4v) is 2.10. The van der Waals surface area contributed by atoms with Crippen LogP contribution in [-0.4, -0.2) is 32.3 Å². The Hall–Kier alpha value is -2.30. The van der Waals surface area contributed by atoms with E-state index in [1.54, 1.807) is 12.1 Å². The zero-order chi connectivity index (χ0) is 14.0. The molecule has 0 saturated carbocycles. The van der Waals surface area contributed by atoms with Crippen molar-refractivity contribution in [3.8, 4) is 11.5 Å². The van der Waals surface area contributed by atoms with Crippen molar-refractivity contribution in [1.82, 2.24) is 5.32 Å². The number of likely N-dealkylation sites (N-methyl/N-ethyl adjacent to an activating group) is 1. The highest BCUT2D eigenvalue weighted by Crippen LogP contribution is 2.35. The molecular formula is C14H15NO4. The molecule has 5 nitrogen and oxygen atoms in total. The molecule has 0 bridgehead atoms. The second-order valence-electron chi connectivity index (χ2n) is 4.00. The molecule has 0 aliphatic heterocycles. The molecule has 1 aromatic carbocycles. The number of rotatable bonds is 4. The van der Waals surface area contributed by atoms with Crippen molar-refractivity contribution in [3.63, 3.8) is 0 Å². The molecule has 0 amide bonds. The summed E-state index contributed by atoms with van der Waals surface area (Å²) in [4.78, 5) is 24.5. The molecule has 0 aromatic heterocycles. The average molecular weight is 261 g/mol. The number of carbonyl (C=O) groups is 2. The molecule has 100 valence electrons. The molecule has 1 N–H and O–H groups in total. The van der Waals surface area contributed by atoms with Gasteiger partial charge in [-0.1, -0.05) is 0 Å². The molecule has 2 rings (SSSR count). The van der Waals surface area contributed by atoms with Crippen LogP contribution >= 0.6 is 0 Å². The number of ether oxygens (including phenoxy) is 2. The van der Waals surface area contributed by atoms with Crippen LogP contribution < -0.4 is 14.8 Å². The van der Waals surface area contributed by atoms with Crippen molar-refractivity contribution < 1.29 is 19.1 Å². The highest BCUT2D eigenvalue weighted by Gasteiger charge is 2.31. The first-order chi connectivity index (χ1) is 9.13. The van der Waals surface area contributed by atoms with Crippen molar-refractivity contribution in [3.05, 3.63) is 35.0 Å². The third kappa shape index (κ3) is 2.07. The first kappa shape index (κ1) is 13.1. The highest BCUT2D eigenvalue weighted by molar-refractivity contribution is 6.26. The number of fused-ring (bicyclic) bond motifs is 1. The summed E-state index contributed by atoms with van der Waals surface area (Å²) in [7, 11) is 2.93. The Morgan fingerprint density at radius 2 is 1.63 bits per heavy atom. The van der Waals surface area contributed by atoms with Crippen LogP contribution in [0.2, 0.25) is 0 Å². The molecule has 0 unspecified atom stereocenters. The average Bonchev–Trinajstić information content (AvgIpc) is 2.43. The number of hydrogen-bond donors (Lipinski definition) is 1. The van der Waals surface area contributed by atoms with Gasteiger partial charge < -0.3 is 14.8 Å². The van der Waals surface area contributed by atoms with Crippen molar-refractivity contribution in [1.29, 1.82) is 0 Å². The van der Waals surface area contributed by atoms with Crippen LogP contribution in [0, 0.1) is 0 Å². The van der Waals surface area contributed by atoms with E-state index in [9.17, 15) is 9.59 Å². The lowest BCUT2D eigenvalue weighted by Crippen LogP contribution is -2.27. The fourth-order valence-electron chi connectivity index (χ4n) is 2.10. The van der Waals surface area contributed by atoms with Gasteiger partial charge in [0.05, 0.1) is 31.0 Å². The molecule has 1 aliphatic carbocycles. The summed E-state index contributed by atoms with van der Waals surface area (Å²) < 4.78 is 10.3. The SMILES string of the molecule is CCNC1=CC(=O)c2c(OC)ccc(OC)c2C1=O. The van der Waals surface area contributed by atoms with Crippen molar-refractivity contribution in [2.75, 3.05) is 20.8 Å². The second kappa shape index (κ2) is 5.14. The number of nitrogens with one attached hydrogen (secondary N) is 1. The summed E-state index contributed by atoms with van der Waals surface area (Å²) >= 11 is 0. The molecular weight excluding hydrogens is 246 g/mol. The summed E-state index contributed by atoms with van der Waals surface area (Å²) in [5.74, 6) is 0.229. The highest BCUT2D eigenvalue weighted by atomic mass is 16.5. The third-order valence-corrected chi connectivity index (χ3v) is 2.93. The molecule has 0 heterocycles. The summed E-state index contributed by atoms with van der Waals surface area (Å²) in [6.07, 6.45) is 1.30. The fraction of sp³-hybridized carbons (Fsp3) is 0.286. The Bertz CT molecular complexity index is 575.